The summed E-state index contributed by atoms with van der Waals surface area (Å²) in [4.78, 5) is 2.59. The molecule has 2 saturated heterocycles. The van der Waals surface area contributed by atoms with Gasteiger partial charge in [0, 0.05) is 19.1 Å². The van der Waals surface area contributed by atoms with Gasteiger partial charge in [-0.1, -0.05) is 12.1 Å². The Morgan fingerprint density at radius 1 is 1.27 bits per heavy atom. The molecular weight excluding hydrogens is 274 g/mol. The van der Waals surface area contributed by atoms with Crippen molar-refractivity contribution >= 4 is 0 Å². The lowest BCUT2D eigenvalue weighted by atomic mass is 9.73. The molecule has 0 atom stereocenters. The van der Waals surface area contributed by atoms with Crippen molar-refractivity contribution in [1.29, 1.82) is 5.26 Å². The molecule has 0 amide bonds. The van der Waals surface area contributed by atoms with Gasteiger partial charge >= 0.3 is 0 Å². The molecule has 0 radical (unpaired) electrons. The van der Waals surface area contributed by atoms with Crippen LogP contribution in [0.3, 0.4) is 0 Å². The third kappa shape index (κ3) is 2.97. The van der Waals surface area contributed by atoms with Crippen LogP contribution >= 0.6 is 0 Å². The van der Waals surface area contributed by atoms with Crippen LogP contribution in [-0.4, -0.2) is 44.2 Å². The molecule has 2 heterocycles. The number of nitriles is 1. The molecule has 2 aliphatic rings. The van der Waals surface area contributed by atoms with Crippen molar-refractivity contribution in [3.05, 3.63) is 29.8 Å². The Hall–Kier alpha value is -1.57. The lowest BCUT2D eigenvalue weighted by molar-refractivity contribution is 0.112. The van der Waals surface area contributed by atoms with Crippen LogP contribution in [-0.2, 0) is 5.41 Å². The normalized spacial score (nSPS) is 22.9. The van der Waals surface area contributed by atoms with Crippen molar-refractivity contribution in [3.63, 3.8) is 0 Å². The summed E-state index contributed by atoms with van der Waals surface area (Å²) in [5.74, 6) is 0.841. The third-order valence-corrected chi connectivity index (χ3v) is 5.31. The van der Waals surface area contributed by atoms with Crippen molar-refractivity contribution in [1.82, 2.24) is 10.2 Å². The van der Waals surface area contributed by atoms with Gasteiger partial charge < -0.3 is 15.0 Å². The summed E-state index contributed by atoms with van der Waals surface area (Å²) < 4.78 is 5.32. The van der Waals surface area contributed by atoms with E-state index < -0.39 is 0 Å². The zero-order chi connectivity index (χ0) is 15.4. The van der Waals surface area contributed by atoms with Crippen LogP contribution in [0.15, 0.2) is 24.3 Å². The minimum Gasteiger partial charge on any atom is -0.497 e. The van der Waals surface area contributed by atoms with Crippen molar-refractivity contribution in [2.45, 2.75) is 37.1 Å². The monoisotopic (exact) mass is 299 g/mol. The number of nitrogens with zero attached hydrogens (tertiary/aromatic N) is 2. The van der Waals surface area contributed by atoms with Gasteiger partial charge in [-0.3, -0.25) is 0 Å². The maximum Gasteiger partial charge on any atom is 0.119 e. The van der Waals surface area contributed by atoms with E-state index in [4.69, 9.17) is 4.74 Å². The summed E-state index contributed by atoms with van der Waals surface area (Å²) in [5.41, 5.74) is 0.761. The molecule has 1 aromatic rings. The van der Waals surface area contributed by atoms with E-state index in [9.17, 15) is 5.26 Å². The summed E-state index contributed by atoms with van der Waals surface area (Å²) >= 11 is 0. The van der Waals surface area contributed by atoms with E-state index in [1.165, 1.54) is 12.8 Å². The highest BCUT2D eigenvalue weighted by Crippen LogP contribution is 2.37. The van der Waals surface area contributed by atoms with Crippen LogP contribution in [0.5, 0.6) is 5.75 Å². The molecule has 2 aliphatic heterocycles. The first kappa shape index (κ1) is 15.3. The Balaban J connectivity index is 1.72. The molecule has 1 aromatic carbocycles. The second-order valence-electron chi connectivity index (χ2n) is 6.44. The number of piperidine rings is 2. The van der Waals surface area contributed by atoms with Gasteiger partial charge in [-0.05, 0) is 56.5 Å². The van der Waals surface area contributed by atoms with Gasteiger partial charge in [0.25, 0.3) is 0 Å². The first-order valence-corrected chi connectivity index (χ1v) is 8.28. The van der Waals surface area contributed by atoms with Gasteiger partial charge in [-0.15, -0.1) is 0 Å². The van der Waals surface area contributed by atoms with E-state index in [1.807, 2.05) is 18.2 Å². The van der Waals surface area contributed by atoms with Crippen LogP contribution in [0.25, 0.3) is 0 Å². The van der Waals surface area contributed by atoms with Gasteiger partial charge in [0.1, 0.15) is 5.75 Å². The molecule has 3 rings (SSSR count). The van der Waals surface area contributed by atoms with Crippen LogP contribution < -0.4 is 10.1 Å². The van der Waals surface area contributed by atoms with Gasteiger partial charge in [0.05, 0.1) is 18.6 Å². The van der Waals surface area contributed by atoms with Gasteiger partial charge in [-0.25, -0.2) is 0 Å². The molecule has 0 unspecified atom stereocenters. The molecule has 0 saturated carbocycles. The minimum atomic E-state index is -0.349. The zero-order valence-corrected chi connectivity index (χ0v) is 13.3. The maximum atomic E-state index is 9.84. The maximum absolute atomic E-state index is 9.84. The largest absolute Gasteiger partial charge is 0.497 e. The van der Waals surface area contributed by atoms with Crippen LogP contribution in [0.4, 0.5) is 0 Å². The van der Waals surface area contributed by atoms with Crippen LogP contribution in [0, 0.1) is 11.3 Å². The zero-order valence-electron chi connectivity index (χ0n) is 13.3. The van der Waals surface area contributed by atoms with E-state index in [-0.39, 0.29) is 5.41 Å². The molecule has 4 nitrogen and oxygen atoms in total. The van der Waals surface area contributed by atoms with E-state index in [0.29, 0.717) is 6.04 Å². The average molecular weight is 299 g/mol. The third-order valence-electron chi connectivity index (χ3n) is 5.31. The summed E-state index contributed by atoms with van der Waals surface area (Å²) in [6, 6.07) is 11.4. The van der Waals surface area contributed by atoms with Gasteiger partial charge in [-0.2, -0.15) is 5.26 Å². The fourth-order valence-corrected chi connectivity index (χ4v) is 3.83. The van der Waals surface area contributed by atoms with Crippen LogP contribution in [0.2, 0.25) is 0 Å². The number of likely N-dealkylation sites (tertiary alicyclic amines) is 1. The summed E-state index contributed by atoms with van der Waals surface area (Å²) in [7, 11) is 1.68. The molecule has 0 bridgehead atoms. The Labute approximate surface area is 133 Å². The van der Waals surface area contributed by atoms with E-state index >= 15 is 0 Å². The quantitative estimate of drug-likeness (QED) is 0.930. The fourth-order valence-electron chi connectivity index (χ4n) is 3.83. The van der Waals surface area contributed by atoms with Crippen molar-refractivity contribution in [2.24, 2.45) is 0 Å². The summed E-state index contributed by atoms with van der Waals surface area (Å²) in [5, 5.41) is 13.3. The molecule has 22 heavy (non-hydrogen) atoms. The number of methoxy groups -OCH3 is 1. The Morgan fingerprint density at radius 2 is 2.00 bits per heavy atom. The predicted octanol–water partition coefficient (Wildman–Crippen LogP) is 2.30. The standard InChI is InChI=1S/C18H25N3O/c1-22-17-4-2-3-15(13-17)18(14-19)7-11-21(12-8-18)16-5-9-20-10-6-16/h2-4,13,16,20H,5-12H2,1H3. The fraction of sp³-hybridized carbons (Fsp3) is 0.611. The Morgan fingerprint density at radius 3 is 2.64 bits per heavy atom. The summed E-state index contributed by atoms with van der Waals surface area (Å²) in [6.45, 7) is 4.30. The average Bonchev–Trinajstić information content (AvgIpc) is 2.62. The molecular formula is C18H25N3O. The lowest BCUT2D eigenvalue weighted by Gasteiger charge is -2.42. The van der Waals surface area contributed by atoms with E-state index in [1.54, 1.807) is 7.11 Å². The molecule has 0 aliphatic carbocycles. The summed E-state index contributed by atoms with van der Waals surface area (Å²) in [6.07, 6.45) is 4.30. The van der Waals surface area contributed by atoms with Crippen molar-refractivity contribution in [3.8, 4) is 11.8 Å². The number of benzene rings is 1. The highest BCUT2D eigenvalue weighted by molar-refractivity contribution is 5.38. The molecule has 0 aromatic heterocycles. The molecule has 0 spiro atoms. The highest BCUT2D eigenvalue weighted by atomic mass is 16.5. The Bertz CT molecular complexity index is 538. The van der Waals surface area contributed by atoms with Crippen molar-refractivity contribution < 1.29 is 4.74 Å². The second-order valence-corrected chi connectivity index (χ2v) is 6.44. The van der Waals surface area contributed by atoms with Crippen LogP contribution in [0.1, 0.15) is 31.2 Å². The molecule has 1 N–H and O–H groups in total. The minimum absolute atomic E-state index is 0.349. The molecule has 118 valence electrons. The SMILES string of the molecule is COc1cccc(C2(C#N)CCN(C3CCNCC3)CC2)c1. The van der Waals surface area contributed by atoms with E-state index in [0.717, 1.165) is 50.3 Å². The smallest absolute Gasteiger partial charge is 0.119 e. The van der Waals surface area contributed by atoms with E-state index in [2.05, 4.69) is 22.4 Å². The lowest BCUT2D eigenvalue weighted by Crippen LogP contribution is -2.49. The highest BCUT2D eigenvalue weighted by Gasteiger charge is 2.38. The number of hydrogen-bond donors (Lipinski definition) is 1. The van der Waals surface area contributed by atoms with Crippen molar-refractivity contribution in [2.75, 3.05) is 33.3 Å². The van der Waals surface area contributed by atoms with Gasteiger partial charge in [0.15, 0.2) is 0 Å². The number of nitrogens with one attached hydrogen (secondary N) is 1. The Kier molecular flexibility index (Phi) is 4.66. The predicted molar refractivity (Wildman–Crippen MR) is 87.0 cm³/mol. The molecule has 4 heteroatoms. The van der Waals surface area contributed by atoms with Gasteiger partial charge in [0.2, 0.25) is 0 Å². The first-order chi connectivity index (χ1) is 10.8. The second kappa shape index (κ2) is 6.68. The number of ether oxygens (including phenoxy) is 1. The topological polar surface area (TPSA) is 48.3 Å². The number of hydrogen-bond acceptors (Lipinski definition) is 4. The number of rotatable bonds is 3. The molecule has 2 fully saturated rings. The first-order valence-electron chi connectivity index (χ1n) is 8.28.